The monoisotopic (exact) mass is 331 g/mol. The highest BCUT2D eigenvalue weighted by Crippen LogP contribution is 2.21. The molecule has 1 amide bonds. The van der Waals surface area contributed by atoms with Gasteiger partial charge in [-0.1, -0.05) is 17.3 Å². The van der Waals surface area contributed by atoms with E-state index in [1.165, 1.54) is 0 Å². The molecule has 0 saturated carbocycles. The van der Waals surface area contributed by atoms with Gasteiger partial charge >= 0.3 is 0 Å². The number of likely N-dealkylation sites (N-methyl/N-ethyl adjacent to an activating group) is 1. The smallest absolute Gasteiger partial charge is 0.226 e. The second kappa shape index (κ2) is 8.49. The molecule has 0 aliphatic heterocycles. The maximum atomic E-state index is 12.1. The van der Waals surface area contributed by atoms with Gasteiger partial charge in [-0.2, -0.15) is 0 Å². The van der Waals surface area contributed by atoms with Gasteiger partial charge in [-0.05, 0) is 45.6 Å². The first-order chi connectivity index (χ1) is 11.5. The molecule has 2 aromatic rings. The standard InChI is InChI=1S/C18H25N3O3/c1-5-23-16-8-6-14(7-9-16)17(21(3)4)12-19-18(22)11-15-10-13(2)24-20-15/h6-10,17H,5,11-12H2,1-4H3,(H,19,22). The van der Waals surface area contributed by atoms with E-state index < -0.39 is 0 Å². The molecule has 0 spiro atoms. The summed E-state index contributed by atoms with van der Waals surface area (Å²) in [6.45, 7) is 4.94. The number of aromatic nitrogens is 1. The Morgan fingerprint density at radius 1 is 1.33 bits per heavy atom. The lowest BCUT2D eigenvalue weighted by Crippen LogP contribution is -2.35. The molecule has 1 unspecified atom stereocenters. The Labute approximate surface area is 142 Å². The Morgan fingerprint density at radius 3 is 2.58 bits per heavy atom. The third kappa shape index (κ3) is 5.09. The molecular formula is C18H25N3O3. The molecule has 1 atom stereocenters. The van der Waals surface area contributed by atoms with Gasteiger partial charge in [0.2, 0.25) is 5.91 Å². The fraction of sp³-hybridized carbons (Fsp3) is 0.444. The first kappa shape index (κ1) is 18.0. The van der Waals surface area contributed by atoms with Crippen molar-refractivity contribution < 1.29 is 14.1 Å². The maximum absolute atomic E-state index is 12.1. The Kier molecular flexibility index (Phi) is 6.37. The summed E-state index contributed by atoms with van der Waals surface area (Å²) in [4.78, 5) is 14.2. The average molecular weight is 331 g/mol. The largest absolute Gasteiger partial charge is 0.494 e. The van der Waals surface area contributed by atoms with Gasteiger partial charge in [0.25, 0.3) is 0 Å². The summed E-state index contributed by atoms with van der Waals surface area (Å²) in [7, 11) is 3.99. The predicted molar refractivity (Wildman–Crippen MR) is 92.0 cm³/mol. The molecule has 2 rings (SSSR count). The summed E-state index contributed by atoms with van der Waals surface area (Å²) in [6, 6.07) is 9.83. The van der Waals surface area contributed by atoms with Crippen molar-refractivity contribution in [3.05, 3.63) is 47.3 Å². The van der Waals surface area contributed by atoms with E-state index in [4.69, 9.17) is 9.26 Å². The number of aryl methyl sites for hydroxylation is 1. The Hall–Kier alpha value is -2.34. The second-order valence-corrected chi connectivity index (χ2v) is 5.89. The molecule has 0 aliphatic rings. The minimum Gasteiger partial charge on any atom is -0.494 e. The van der Waals surface area contributed by atoms with E-state index in [1.54, 1.807) is 6.07 Å². The van der Waals surface area contributed by atoms with Crippen molar-refractivity contribution in [1.82, 2.24) is 15.4 Å². The first-order valence-electron chi connectivity index (χ1n) is 8.07. The molecule has 24 heavy (non-hydrogen) atoms. The second-order valence-electron chi connectivity index (χ2n) is 5.89. The van der Waals surface area contributed by atoms with Crippen molar-refractivity contribution in [3.8, 4) is 5.75 Å². The number of carbonyl (C=O) groups excluding carboxylic acids is 1. The van der Waals surface area contributed by atoms with Gasteiger partial charge in [0.1, 0.15) is 11.5 Å². The number of hydrogen-bond acceptors (Lipinski definition) is 5. The lowest BCUT2D eigenvalue weighted by atomic mass is 10.1. The van der Waals surface area contributed by atoms with Gasteiger partial charge in [0, 0.05) is 12.6 Å². The highest BCUT2D eigenvalue weighted by Gasteiger charge is 2.16. The zero-order valence-corrected chi connectivity index (χ0v) is 14.7. The van der Waals surface area contributed by atoms with Crippen LogP contribution in [0, 0.1) is 6.92 Å². The third-order valence-electron chi connectivity index (χ3n) is 3.71. The van der Waals surface area contributed by atoms with Gasteiger partial charge in [-0.25, -0.2) is 0 Å². The molecule has 0 radical (unpaired) electrons. The third-order valence-corrected chi connectivity index (χ3v) is 3.71. The SMILES string of the molecule is CCOc1ccc(C(CNC(=O)Cc2cc(C)on2)N(C)C)cc1. The summed E-state index contributed by atoms with van der Waals surface area (Å²) in [5.74, 6) is 1.49. The van der Waals surface area contributed by atoms with Gasteiger partial charge in [-0.3, -0.25) is 4.79 Å². The molecule has 1 heterocycles. The minimum absolute atomic E-state index is 0.0684. The van der Waals surface area contributed by atoms with Gasteiger partial charge in [0.05, 0.1) is 24.8 Å². The Morgan fingerprint density at radius 2 is 2.04 bits per heavy atom. The molecule has 0 bridgehead atoms. The van der Waals surface area contributed by atoms with Crippen LogP contribution in [0.1, 0.15) is 30.0 Å². The van der Waals surface area contributed by atoms with Crippen LogP contribution in [0.15, 0.2) is 34.9 Å². The van der Waals surface area contributed by atoms with Crippen molar-refractivity contribution in [3.63, 3.8) is 0 Å². The van der Waals surface area contributed by atoms with Gasteiger partial charge in [-0.15, -0.1) is 0 Å². The van der Waals surface area contributed by atoms with Crippen LogP contribution in [0.5, 0.6) is 5.75 Å². The molecule has 6 nitrogen and oxygen atoms in total. The van der Waals surface area contributed by atoms with E-state index in [-0.39, 0.29) is 18.4 Å². The number of nitrogens with one attached hydrogen (secondary N) is 1. The fourth-order valence-electron chi connectivity index (χ4n) is 2.49. The Bertz CT molecular complexity index is 650. The van der Waals surface area contributed by atoms with E-state index >= 15 is 0 Å². The lowest BCUT2D eigenvalue weighted by molar-refractivity contribution is -0.120. The number of amides is 1. The Balaban J connectivity index is 1.94. The highest BCUT2D eigenvalue weighted by atomic mass is 16.5. The summed E-state index contributed by atoms with van der Waals surface area (Å²) in [5, 5.41) is 6.81. The van der Waals surface area contributed by atoms with Crippen LogP contribution < -0.4 is 10.1 Å². The van der Waals surface area contributed by atoms with Crippen LogP contribution in [-0.2, 0) is 11.2 Å². The van der Waals surface area contributed by atoms with Gasteiger partial charge < -0.3 is 19.5 Å². The molecule has 6 heteroatoms. The van der Waals surface area contributed by atoms with E-state index in [0.717, 1.165) is 11.3 Å². The quantitative estimate of drug-likeness (QED) is 0.804. The van der Waals surface area contributed by atoms with Crippen LogP contribution in [0.25, 0.3) is 0 Å². The molecule has 1 aromatic heterocycles. The van der Waals surface area contributed by atoms with Crippen LogP contribution >= 0.6 is 0 Å². The first-order valence-corrected chi connectivity index (χ1v) is 8.07. The van der Waals surface area contributed by atoms with Crippen LogP contribution in [0.2, 0.25) is 0 Å². The zero-order chi connectivity index (χ0) is 17.5. The minimum atomic E-state index is -0.0684. The fourth-order valence-corrected chi connectivity index (χ4v) is 2.49. The number of carbonyl (C=O) groups is 1. The number of benzene rings is 1. The number of nitrogens with zero attached hydrogens (tertiary/aromatic N) is 2. The maximum Gasteiger partial charge on any atom is 0.226 e. The molecule has 1 aromatic carbocycles. The molecule has 0 saturated heterocycles. The normalized spacial score (nSPS) is 12.2. The topological polar surface area (TPSA) is 67.6 Å². The van der Waals surface area contributed by atoms with Crippen molar-refractivity contribution in [2.45, 2.75) is 26.3 Å². The van der Waals surface area contributed by atoms with Crippen LogP contribution in [0.3, 0.4) is 0 Å². The zero-order valence-electron chi connectivity index (χ0n) is 14.7. The molecular weight excluding hydrogens is 306 g/mol. The number of ether oxygens (including phenoxy) is 1. The number of rotatable bonds is 8. The molecule has 1 N–H and O–H groups in total. The van der Waals surface area contributed by atoms with Crippen molar-refractivity contribution >= 4 is 5.91 Å². The lowest BCUT2D eigenvalue weighted by Gasteiger charge is -2.25. The summed E-state index contributed by atoms with van der Waals surface area (Å²) in [5.41, 5.74) is 1.77. The average Bonchev–Trinajstić information content (AvgIpc) is 2.94. The van der Waals surface area contributed by atoms with Crippen LogP contribution in [-0.4, -0.2) is 43.2 Å². The van der Waals surface area contributed by atoms with E-state index in [9.17, 15) is 4.79 Å². The highest BCUT2D eigenvalue weighted by molar-refractivity contribution is 5.78. The van der Waals surface area contributed by atoms with Gasteiger partial charge in [0.15, 0.2) is 0 Å². The predicted octanol–water partition coefficient (Wildman–Crippen LogP) is 2.34. The molecule has 130 valence electrons. The van der Waals surface area contributed by atoms with E-state index in [2.05, 4.69) is 15.4 Å². The molecule has 0 aliphatic carbocycles. The summed E-state index contributed by atoms with van der Waals surface area (Å²) in [6.07, 6.45) is 0.223. The number of hydrogen-bond donors (Lipinski definition) is 1. The van der Waals surface area contributed by atoms with Crippen molar-refractivity contribution in [2.75, 3.05) is 27.2 Å². The summed E-state index contributed by atoms with van der Waals surface area (Å²) >= 11 is 0. The van der Waals surface area contributed by atoms with Crippen LogP contribution in [0.4, 0.5) is 0 Å². The molecule has 0 fully saturated rings. The van der Waals surface area contributed by atoms with E-state index in [0.29, 0.717) is 24.6 Å². The van der Waals surface area contributed by atoms with E-state index in [1.807, 2.05) is 52.2 Å². The summed E-state index contributed by atoms with van der Waals surface area (Å²) < 4.78 is 10.4. The van der Waals surface area contributed by atoms with Crippen molar-refractivity contribution in [1.29, 1.82) is 0 Å². The van der Waals surface area contributed by atoms with Crippen molar-refractivity contribution in [2.24, 2.45) is 0 Å².